The summed E-state index contributed by atoms with van der Waals surface area (Å²) in [6.45, 7) is 5.28. The van der Waals surface area contributed by atoms with Gasteiger partial charge in [-0.05, 0) is 37.0 Å². The maximum absolute atomic E-state index is 6.14. The van der Waals surface area contributed by atoms with Crippen molar-refractivity contribution in [1.29, 1.82) is 0 Å². The molecule has 0 aromatic carbocycles. The molecule has 4 rings (SSSR count). The van der Waals surface area contributed by atoms with E-state index in [2.05, 4.69) is 22.0 Å². The van der Waals surface area contributed by atoms with Crippen LogP contribution in [-0.2, 0) is 22.6 Å². The Morgan fingerprint density at radius 2 is 2.32 bits per heavy atom. The molecule has 2 aliphatic rings. The molecule has 5 heteroatoms. The van der Waals surface area contributed by atoms with Crippen molar-refractivity contribution in [1.82, 2.24) is 9.88 Å². The minimum Gasteiger partial charge on any atom is -0.472 e. The van der Waals surface area contributed by atoms with E-state index in [1.165, 1.54) is 12.0 Å². The van der Waals surface area contributed by atoms with Crippen LogP contribution < -0.4 is 0 Å². The number of pyridine rings is 1. The van der Waals surface area contributed by atoms with Crippen LogP contribution in [0.1, 0.15) is 30.4 Å². The number of rotatable bonds is 6. The van der Waals surface area contributed by atoms with E-state index in [0.717, 1.165) is 51.3 Å². The van der Waals surface area contributed by atoms with Gasteiger partial charge in [0.05, 0.1) is 31.8 Å². The molecule has 2 aromatic rings. The summed E-state index contributed by atoms with van der Waals surface area (Å²) in [6, 6.07) is 6.07. The Labute approximate surface area is 148 Å². The van der Waals surface area contributed by atoms with Crippen LogP contribution in [0.2, 0.25) is 0 Å². The highest BCUT2D eigenvalue weighted by molar-refractivity contribution is 5.08. The van der Waals surface area contributed by atoms with Gasteiger partial charge in [0.1, 0.15) is 0 Å². The lowest BCUT2D eigenvalue weighted by Gasteiger charge is -2.50. The van der Waals surface area contributed by atoms with E-state index in [9.17, 15) is 0 Å². The van der Waals surface area contributed by atoms with Gasteiger partial charge in [0.15, 0.2) is 0 Å². The van der Waals surface area contributed by atoms with E-state index in [-0.39, 0.29) is 5.41 Å². The molecule has 0 N–H and O–H groups in total. The Kier molecular flexibility index (Phi) is 5.15. The number of fused-ring (bicyclic) bond motifs is 1. The molecule has 4 heterocycles. The molecule has 0 saturated carbocycles. The Balaban J connectivity index is 1.40. The highest BCUT2D eigenvalue weighted by Crippen LogP contribution is 2.41. The molecule has 2 aromatic heterocycles. The SMILES string of the molecule is c1cncc(COCC23CCCOC2CCN(Cc2ccoc2)C3)c1. The standard InChI is InChI=1S/C20H26N2O3/c1-3-17(11-21-7-1)13-24-16-20-6-2-9-25-19(20)4-8-22(15-20)12-18-5-10-23-14-18/h1,3,5,7,10-11,14,19H,2,4,6,8-9,12-13,15-16H2. The topological polar surface area (TPSA) is 47.7 Å². The highest BCUT2D eigenvalue weighted by Gasteiger charge is 2.46. The zero-order valence-corrected chi connectivity index (χ0v) is 14.6. The average molecular weight is 342 g/mol. The average Bonchev–Trinajstić information content (AvgIpc) is 3.15. The zero-order valence-electron chi connectivity index (χ0n) is 14.6. The molecule has 2 aliphatic heterocycles. The number of likely N-dealkylation sites (tertiary alicyclic amines) is 1. The molecule has 5 nitrogen and oxygen atoms in total. The quantitative estimate of drug-likeness (QED) is 0.806. The van der Waals surface area contributed by atoms with E-state index in [1.54, 1.807) is 12.5 Å². The molecular weight excluding hydrogens is 316 g/mol. The van der Waals surface area contributed by atoms with Crippen LogP contribution in [0.3, 0.4) is 0 Å². The van der Waals surface area contributed by atoms with Crippen molar-refractivity contribution in [3.05, 3.63) is 54.2 Å². The van der Waals surface area contributed by atoms with E-state index < -0.39 is 0 Å². The first-order valence-corrected chi connectivity index (χ1v) is 9.16. The number of furan rings is 1. The lowest BCUT2D eigenvalue weighted by Crippen LogP contribution is -2.56. The van der Waals surface area contributed by atoms with Crippen molar-refractivity contribution in [3.63, 3.8) is 0 Å². The molecule has 0 amide bonds. The molecule has 134 valence electrons. The molecule has 25 heavy (non-hydrogen) atoms. The summed E-state index contributed by atoms with van der Waals surface area (Å²) < 4.78 is 17.5. The Hall–Kier alpha value is -1.69. The van der Waals surface area contributed by atoms with Gasteiger partial charge in [-0.15, -0.1) is 0 Å². The van der Waals surface area contributed by atoms with Crippen LogP contribution in [0, 0.1) is 5.41 Å². The minimum atomic E-state index is 0.0996. The molecule has 2 unspecified atom stereocenters. The van der Waals surface area contributed by atoms with E-state index >= 15 is 0 Å². The normalized spacial score (nSPS) is 27.1. The fourth-order valence-corrected chi connectivity index (χ4v) is 4.22. The fraction of sp³-hybridized carbons (Fsp3) is 0.550. The maximum atomic E-state index is 6.14. The number of hydrogen-bond acceptors (Lipinski definition) is 5. The smallest absolute Gasteiger partial charge is 0.0947 e. The highest BCUT2D eigenvalue weighted by atomic mass is 16.5. The van der Waals surface area contributed by atoms with Gasteiger partial charge in [-0.2, -0.15) is 0 Å². The van der Waals surface area contributed by atoms with Crippen LogP contribution in [0.5, 0.6) is 0 Å². The van der Waals surface area contributed by atoms with Gasteiger partial charge in [0.2, 0.25) is 0 Å². The Morgan fingerprint density at radius 1 is 1.32 bits per heavy atom. The molecule has 0 aliphatic carbocycles. The third-order valence-corrected chi connectivity index (χ3v) is 5.43. The number of ether oxygens (including phenoxy) is 2. The minimum absolute atomic E-state index is 0.0996. The second-order valence-electron chi connectivity index (χ2n) is 7.31. The molecule has 2 fully saturated rings. The molecule has 2 saturated heterocycles. The first-order chi connectivity index (χ1) is 12.3. The number of piperidine rings is 1. The van der Waals surface area contributed by atoms with Gasteiger partial charge in [0, 0.05) is 49.6 Å². The summed E-state index contributed by atoms with van der Waals surface area (Å²) in [6.07, 6.45) is 10.9. The van der Waals surface area contributed by atoms with Crippen LogP contribution in [0.4, 0.5) is 0 Å². The monoisotopic (exact) mass is 342 g/mol. The summed E-state index contributed by atoms with van der Waals surface area (Å²) in [5.74, 6) is 0. The van der Waals surface area contributed by atoms with Crippen molar-refractivity contribution in [2.24, 2.45) is 5.41 Å². The van der Waals surface area contributed by atoms with Gasteiger partial charge < -0.3 is 13.9 Å². The Bertz CT molecular complexity index is 646. The molecule has 2 atom stereocenters. The summed E-state index contributed by atoms with van der Waals surface area (Å²) in [5, 5.41) is 0. The van der Waals surface area contributed by atoms with Gasteiger partial charge in [-0.3, -0.25) is 9.88 Å². The van der Waals surface area contributed by atoms with Crippen LogP contribution in [0.15, 0.2) is 47.5 Å². The van der Waals surface area contributed by atoms with Crippen LogP contribution in [0.25, 0.3) is 0 Å². The van der Waals surface area contributed by atoms with Gasteiger partial charge >= 0.3 is 0 Å². The van der Waals surface area contributed by atoms with Gasteiger partial charge in [0.25, 0.3) is 0 Å². The lowest BCUT2D eigenvalue weighted by atomic mass is 9.73. The molecule has 0 bridgehead atoms. The fourth-order valence-electron chi connectivity index (χ4n) is 4.22. The first-order valence-electron chi connectivity index (χ1n) is 9.16. The zero-order chi connectivity index (χ0) is 17.0. The first kappa shape index (κ1) is 16.8. The van der Waals surface area contributed by atoms with E-state index in [1.807, 2.05) is 18.5 Å². The second kappa shape index (κ2) is 7.68. The molecule has 0 spiro atoms. The van der Waals surface area contributed by atoms with Gasteiger partial charge in [-0.25, -0.2) is 0 Å². The number of hydrogen-bond donors (Lipinski definition) is 0. The predicted octanol–water partition coefficient (Wildman–Crippen LogP) is 3.26. The third kappa shape index (κ3) is 3.94. The number of aromatic nitrogens is 1. The lowest BCUT2D eigenvalue weighted by molar-refractivity contribution is -0.155. The van der Waals surface area contributed by atoms with Crippen LogP contribution >= 0.6 is 0 Å². The molecular formula is C20H26N2O3. The van der Waals surface area contributed by atoms with Crippen molar-refractivity contribution in [3.8, 4) is 0 Å². The van der Waals surface area contributed by atoms with E-state index in [4.69, 9.17) is 13.9 Å². The maximum Gasteiger partial charge on any atom is 0.0947 e. The summed E-state index contributed by atoms with van der Waals surface area (Å²) >= 11 is 0. The van der Waals surface area contributed by atoms with Crippen molar-refractivity contribution in [2.75, 3.05) is 26.3 Å². The summed E-state index contributed by atoms with van der Waals surface area (Å²) in [7, 11) is 0. The van der Waals surface area contributed by atoms with E-state index in [0.29, 0.717) is 12.7 Å². The summed E-state index contributed by atoms with van der Waals surface area (Å²) in [4.78, 5) is 6.68. The molecule has 0 radical (unpaired) electrons. The summed E-state index contributed by atoms with van der Waals surface area (Å²) in [5.41, 5.74) is 2.46. The second-order valence-corrected chi connectivity index (χ2v) is 7.31. The largest absolute Gasteiger partial charge is 0.472 e. The Morgan fingerprint density at radius 3 is 3.16 bits per heavy atom. The van der Waals surface area contributed by atoms with Crippen LogP contribution in [-0.4, -0.2) is 42.3 Å². The van der Waals surface area contributed by atoms with Crippen molar-refractivity contribution >= 4 is 0 Å². The van der Waals surface area contributed by atoms with Crippen molar-refractivity contribution < 1.29 is 13.9 Å². The number of nitrogens with zero attached hydrogens (tertiary/aromatic N) is 2. The predicted molar refractivity (Wildman–Crippen MR) is 93.9 cm³/mol. The van der Waals surface area contributed by atoms with Crippen molar-refractivity contribution in [2.45, 2.75) is 38.5 Å². The van der Waals surface area contributed by atoms with Gasteiger partial charge in [-0.1, -0.05) is 6.07 Å². The third-order valence-electron chi connectivity index (χ3n) is 5.43.